The van der Waals surface area contributed by atoms with Gasteiger partial charge in [-0.25, -0.2) is 0 Å². The molecule has 1 heteroatoms. The normalized spacial score (nSPS) is 25.9. The maximum absolute atomic E-state index is 12.3. The predicted octanol–water partition coefficient (Wildman–Crippen LogP) is 3.97. The van der Waals surface area contributed by atoms with Crippen LogP contribution in [0.1, 0.15) is 45.6 Å². The molecule has 1 nitrogen and oxygen atoms in total. The maximum atomic E-state index is 12.3. The Morgan fingerprint density at radius 1 is 1.12 bits per heavy atom. The molecule has 92 valence electrons. The van der Waals surface area contributed by atoms with E-state index in [1.165, 1.54) is 12.0 Å². The van der Waals surface area contributed by atoms with Gasteiger partial charge in [0.2, 0.25) is 0 Å². The average molecular weight is 230 g/mol. The lowest BCUT2D eigenvalue weighted by atomic mass is 9.65. The minimum atomic E-state index is -0.0347. The number of rotatable bonds is 2. The molecule has 0 N–H and O–H groups in total. The van der Waals surface area contributed by atoms with Crippen molar-refractivity contribution in [3.63, 3.8) is 0 Å². The fourth-order valence-corrected chi connectivity index (χ4v) is 3.04. The Labute approximate surface area is 104 Å². The summed E-state index contributed by atoms with van der Waals surface area (Å²) in [7, 11) is 0. The number of ketones is 1. The van der Waals surface area contributed by atoms with Gasteiger partial charge in [-0.15, -0.1) is 0 Å². The van der Waals surface area contributed by atoms with Crippen LogP contribution in [0.2, 0.25) is 0 Å². The van der Waals surface area contributed by atoms with Crippen molar-refractivity contribution in [2.45, 2.75) is 45.4 Å². The maximum Gasteiger partial charge on any atom is 0.139 e. The molecule has 0 aromatic heterocycles. The summed E-state index contributed by atoms with van der Waals surface area (Å²) < 4.78 is 0. The Morgan fingerprint density at radius 3 is 2.41 bits per heavy atom. The molecule has 0 saturated heterocycles. The van der Waals surface area contributed by atoms with Gasteiger partial charge in [0.25, 0.3) is 0 Å². The summed E-state index contributed by atoms with van der Waals surface area (Å²) in [5.41, 5.74) is 1.25. The van der Waals surface area contributed by atoms with Gasteiger partial charge >= 0.3 is 0 Å². The fraction of sp³-hybridized carbons (Fsp3) is 0.562. The van der Waals surface area contributed by atoms with Crippen LogP contribution in [0.15, 0.2) is 30.3 Å². The van der Waals surface area contributed by atoms with E-state index in [-0.39, 0.29) is 17.3 Å². The molecule has 0 heterocycles. The van der Waals surface area contributed by atoms with Crippen LogP contribution in [0.25, 0.3) is 0 Å². The standard InChI is InChI=1S/C16H22O/c1-12-8-7-11-14(15(12)17)16(2,3)13-9-5-4-6-10-13/h4-6,9-10,12,14H,7-8,11H2,1-3H3. The predicted molar refractivity (Wildman–Crippen MR) is 71.0 cm³/mol. The van der Waals surface area contributed by atoms with E-state index in [4.69, 9.17) is 0 Å². The average Bonchev–Trinajstić information content (AvgIpc) is 2.33. The van der Waals surface area contributed by atoms with Gasteiger partial charge < -0.3 is 0 Å². The van der Waals surface area contributed by atoms with E-state index < -0.39 is 0 Å². The van der Waals surface area contributed by atoms with Gasteiger partial charge in [0, 0.05) is 11.8 Å². The van der Waals surface area contributed by atoms with Gasteiger partial charge in [-0.2, -0.15) is 0 Å². The van der Waals surface area contributed by atoms with Gasteiger partial charge in [0.15, 0.2) is 0 Å². The Kier molecular flexibility index (Phi) is 3.37. The minimum absolute atomic E-state index is 0.0347. The van der Waals surface area contributed by atoms with Gasteiger partial charge in [-0.3, -0.25) is 4.79 Å². The summed E-state index contributed by atoms with van der Waals surface area (Å²) in [6.45, 7) is 6.50. The zero-order chi connectivity index (χ0) is 12.5. The number of carbonyl (C=O) groups is 1. The van der Waals surface area contributed by atoms with E-state index in [2.05, 4.69) is 45.0 Å². The second-order valence-electron chi connectivity index (χ2n) is 5.87. The summed E-state index contributed by atoms with van der Waals surface area (Å²) in [4.78, 5) is 12.3. The first kappa shape index (κ1) is 12.3. The smallest absolute Gasteiger partial charge is 0.139 e. The molecule has 0 spiro atoms. The molecule has 1 saturated carbocycles. The summed E-state index contributed by atoms with van der Waals surface area (Å²) in [5.74, 6) is 0.899. The van der Waals surface area contributed by atoms with Crippen molar-refractivity contribution in [2.75, 3.05) is 0 Å². The highest BCUT2D eigenvalue weighted by Crippen LogP contribution is 2.40. The largest absolute Gasteiger partial charge is 0.299 e. The lowest BCUT2D eigenvalue weighted by Gasteiger charge is -2.38. The molecule has 1 aromatic carbocycles. The number of carbonyl (C=O) groups excluding carboxylic acids is 1. The summed E-state index contributed by atoms with van der Waals surface area (Å²) in [6.07, 6.45) is 3.30. The number of hydrogen-bond donors (Lipinski definition) is 0. The Hall–Kier alpha value is -1.11. The number of hydrogen-bond acceptors (Lipinski definition) is 1. The molecule has 0 amide bonds. The summed E-state index contributed by atoms with van der Waals surface area (Å²) in [5, 5.41) is 0. The summed E-state index contributed by atoms with van der Waals surface area (Å²) >= 11 is 0. The summed E-state index contributed by atoms with van der Waals surface area (Å²) in [6, 6.07) is 10.5. The van der Waals surface area contributed by atoms with Crippen molar-refractivity contribution >= 4 is 5.78 Å². The van der Waals surface area contributed by atoms with Crippen molar-refractivity contribution in [1.82, 2.24) is 0 Å². The first-order valence-electron chi connectivity index (χ1n) is 6.62. The van der Waals surface area contributed by atoms with Gasteiger partial charge in [0.05, 0.1) is 0 Å². The Morgan fingerprint density at radius 2 is 1.76 bits per heavy atom. The molecule has 17 heavy (non-hydrogen) atoms. The second kappa shape index (κ2) is 4.64. The Balaban J connectivity index is 2.29. The molecule has 0 radical (unpaired) electrons. The third-order valence-electron chi connectivity index (χ3n) is 4.35. The first-order valence-corrected chi connectivity index (χ1v) is 6.62. The van der Waals surface area contributed by atoms with Crippen LogP contribution >= 0.6 is 0 Å². The molecule has 1 fully saturated rings. The zero-order valence-electron chi connectivity index (χ0n) is 11.1. The number of benzene rings is 1. The van der Waals surface area contributed by atoms with E-state index >= 15 is 0 Å². The van der Waals surface area contributed by atoms with E-state index in [1.807, 2.05) is 6.07 Å². The van der Waals surface area contributed by atoms with Gasteiger partial charge in [-0.05, 0) is 23.8 Å². The van der Waals surface area contributed by atoms with Crippen LogP contribution in [0, 0.1) is 11.8 Å². The van der Waals surface area contributed by atoms with Crippen molar-refractivity contribution in [2.24, 2.45) is 11.8 Å². The molecule has 0 aliphatic heterocycles. The van der Waals surface area contributed by atoms with Crippen molar-refractivity contribution in [3.8, 4) is 0 Å². The van der Waals surface area contributed by atoms with E-state index in [1.54, 1.807) is 0 Å². The monoisotopic (exact) mass is 230 g/mol. The Bertz CT molecular complexity index is 391. The molecule has 2 rings (SSSR count). The minimum Gasteiger partial charge on any atom is -0.299 e. The molecule has 0 bridgehead atoms. The highest BCUT2D eigenvalue weighted by atomic mass is 16.1. The quantitative estimate of drug-likeness (QED) is 0.751. The first-order chi connectivity index (χ1) is 8.03. The molecule has 1 aromatic rings. The molecular weight excluding hydrogens is 208 g/mol. The van der Waals surface area contributed by atoms with Crippen molar-refractivity contribution in [1.29, 1.82) is 0 Å². The van der Waals surface area contributed by atoms with Crippen LogP contribution in [0.3, 0.4) is 0 Å². The molecule has 1 aliphatic rings. The highest BCUT2D eigenvalue weighted by molar-refractivity contribution is 5.85. The molecule has 2 atom stereocenters. The fourth-order valence-electron chi connectivity index (χ4n) is 3.04. The van der Waals surface area contributed by atoms with Gasteiger partial charge in [0.1, 0.15) is 5.78 Å². The van der Waals surface area contributed by atoms with Crippen LogP contribution in [-0.4, -0.2) is 5.78 Å². The molecule has 2 unspecified atom stereocenters. The topological polar surface area (TPSA) is 17.1 Å². The van der Waals surface area contributed by atoms with Crippen molar-refractivity contribution < 1.29 is 4.79 Å². The van der Waals surface area contributed by atoms with E-state index in [0.29, 0.717) is 5.78 Å². The number of Topliss-reactive ketones (excluding diaryl/α,β-unsaturated/α-hetero) is 1. The van der Waals surface area contributed by atoms with Gasteiger partial charge in [-0.1, -0.05) is 57.5 Å². The second-order valence-corrected chi connectivity index (χ2v) is 5.87. The third kappa shape index (κ3) is 2.29. The van der Waals surface area contributed by atoms with Crippen molar-refractivity contribution in [3.05, 3.63) is 35.9 Å². The van der Waals surface area contributed by atoms with E-state index in [9.17, 15) is 4.79 Å². The van der Waals surface area contributed by atoms with Crippen LogP contribution in [0.5, 0.6) is 0 Å². The molecular formula is C16H22O. The van der Waals surface area contributed by atoms with Crippen LogP contribution < -0.4 is 0 Å². The third-order valence-corrected chi connectivity index (χ3v) is 4.35. The lowest BCUT2D eigenvalue weighted by Crippen LogP contribution is -2.39. The highest BCUT2D eigenvalue weighted by Gasteiger charge is 2.39. The lowest BCUT2D eigenvalue weighted by molar-refractivity contribution is -0.130. The van der Waals surface area contributed by atoms with E-state index in [0.717, 1.165) is 12.8 Å². The van der Waals surface area contributed by atoms with Crippen LogP contribution in [-0.2, 0) is 10.2 Å². The SMILES string of the molecule is CC1CCCC(C(C)(C)c2ccccc2)C1=O. The molecule has 1 aliphatic carbocycles. The van der Waals surface area contributed by atoms with Crippen LogP contribution in [0.4, 0.5) is 0 Å². The zero-order valence-corrected chi connectivity index (χ0v) is 11.1.